The summed E-state index contributed by atoms with van der Waals surface area (Å²) in [6.07, 6.45) is 8.29. The predicted octanol–water partition coefficient (Wildman–Crippen LogP) is 3.40. The molecule has 3 rings (SSSR count). The summed E-state index contributed by atoms with van der Waals surface area (Å²) < 4.78 is 0. The van der Waals surface area contributed by atoms with Crippen LogP contribution in [0.15, 0.2) is 18.2 Å². The molecule has 2 N–H and O–H groups in total. The molecule has 28 heavy (non-hydrogen) atoms. The molecular weight excluding hydrogens is 354 g/mol. The van der Waals surface area contributed by atoms with Crippen LogP contribution in [0.2, 0.25) is 0 Å². The molecule has 1 aromatic rings. The summed E-state index contributed by atoms with van der Waals surface area (Å²) in [5.74, 6) is -1.24. The Hall–Kier alpha value is -2.37. The number of hydrogen-bond donors (Lipinski definition) is 2. The molecule has 0 aromatic heterocycles. The van der Waals surface area contributed by atoms with Crippen molar-refractivity contribution < 1.29 is 14.4 Å². The molecule has 6 heteroatoms. The van der Waals surface area contributed by atoms with Gasteiger partial charge in [0.15, 0.2) is 0 Å². The maximum atomic E-state index is 12.5. The van der Waals surface area contributed by atoms with Gasteiger partial charge in [0.1, 0.15) is 0 Å². The van der Waals surface area contributed by atoms with E-state index in [1.54, 1.807) is 11.0 Å². The maximum Gasteiger partial charge on any atom is 0.313 e. The van der Waals surface area contributed by atoms with Crippen molar-refractivity contribution in [1.29, 1.82) is 0 Å². The summed E-state index contributed by atoms with van der Waals surface area (Å²) in [4.78, 5) is 39.0. The maximum absolute atomic E-state index is 12.5. The fourth-order valence-corrected chi connectivity index (χ4v) is 4.06. The molecule has 1 aromatic carbocycles. The highest BCUT2D eigenvalue weighted by atomic mass is 16.2. The second-order valence-corrected chi connectivity index (χ2v) is 8.21. The second-order valence-electron chi connectivity index (χ2n) is 8.21. The Morgan fingerprint density at radius 2 is 1.71 bits per heavy atom. The number of anilines is 2. The average molecular weight is 386 g/mol. The van der Waals surface area contributed by atoms with Crippen molar-refractivity contribution in [2.45, 2.75) is 71.3 Å². The number of carbonyl (C=O) groups excluding carboxylic acids is 3. The van der Waals surface area contributed by atoms with E-state index in [0.29, 0.717) is 12.2 Å². The zero-order chi connectivity index (χ0) is 20.1. The fraction of sp³-hybridized carbons (Fsp3) is 0.591. The topological polar surface area (TPSA) is 78.5 Å². The highest BCUT2D eigenvalue weighted by Gasteiger charge is 2.25. The number of benzene rings is 1. The molecule has 0 saturated heterocycles. The lowest BCUT2D eigenvalue weighted by molar-refractivity contribution is -0.136. The zero-order valence-electron chi connectivity index (χ0n) is 16.9. The summed E-state index contributed by atoms with van der Waals surface area (Å²) in [5, 5.41) is 5.56. The Labute approximate surface area is 167 Å². The Bertz CT molecular complexity index is 737. The van der Waals surface area contributed by atoms with Crippen LogP contribution < -0.4 is 15.5 Å². The van der Waals surface area contributed by atoms with Crippen LogP contribution >= 0.6 is 0 Å². The van der Waals surface area contributed by atoms with E-state index < -0.39 is 11.8 Å². The van der Waals surface area contributed by atoms with E-state index in [1.807, 2.05) is 26.0 Å². The smallest absolute Gasteiger partial charge is 0.313 e. The molecule has 1 aliphatic carbocycles. The second kappa shape index (κ2) is 9.22. The molecule has 1 saturated carbocycles. The van der Waals surface area contributed by atoms with Crippen LogP contribution in [0, 0.1) is 5.92 Å². The number of aryl methyl sites for hydroxylation is 1. The first-order valence-corrected chi connectivity index (χ1v) is 10.5. The van der Waals surface area contributed by atoms with Crippen LogP contribution in [0.3, 0.4) is 0 Å². The average Bonchev–Trinajstić information content (AvgIpc) is 2.95. The fourth-order valence-electron chi connectivity index (χ4n) is 4.06. The van der Waals surface area contributed by atoms with E-state index in [-0.39, 0.29) is 17.9 Å². The van der Waals surface area contributed by atoms with Gasteiger partial charge in [-0.25, -0.2) is 0 Å². The molecule has 3 amide bonds. The first-order chi connectivity index (χ1) is 13.5. The Balaban J connectivity index is 1.67. The lowest BCUT2D eigenvalue weighted by Crippen LogP contribution is -2.41. The molecule has 2 aliphatic rings. The number of amides is 3. The van der Waals surface area contributed by atoms with Crippen molar-refractivity contribution in [1.82, 2.24) is 5.32 Å². The molecule has 1 aliphatic heterocycles. The van der Waals surface area contributed by atoms with Crippen LogP contribution in [0.4, 0.5) is 11.4 Å². The van der Waals surface area contributed by atoms with Gasteiger partial charge in [-0.1, -0.05) is 45.6 Å². The molecule has 0 unspecified atom stereocenters. The molecule has 152 valence electrons. The molecule has 0 radical (unpaired) electrons. The van der Waals surface area contributed by atoms with Gasteiger partial charge in [-0.2, -0.15) is 0 Å². The van der Waals surface area contributed by atoms with Gasteiger partial charge >= 0.3 is 11.8 Å². The SMILES string of the molecule is CC(C)C(=O)N1CCCc2ccc(NC(=O)C(=O)NC3CCCCCC3)cc21. The van der Waals surface area contributed by atoms with Crippen molar-refractivity contribution >= 4 is 29.1 Å². The van der Waals surface area contributed by atoms with Crippen molar-refractivity contribution in [3.8, 4) is 0 Å². The largest absolute Gasteiger partial charge is 0.345 e. The summed E-state index contributed by atoms with van der Waals surface area (Å²) in [7, 11) is 0. The Morgan fingerprint density at radius 3 is 2.39 bits per heavy atom. The van der Waals surface area contributed by atoms with Crippen LogP contribution in [0.1, 0.15) is 64.4 Å². The third kappa shape index (κ3) is 4.91. The number of rotatable bonds is 3. The Kier molecular flexibility index (Phi) is 6.70. The monoisotopic (exact) mass is 385 g/mol. The number of nitrogens with zero attached hydrogens (tertiary/aromatic N) is 1. The number of fused-ring (bicyclic) bond motifs is 1. The normalized spacial score (nSPS) is 17.6. The van der Waals surface area contributed by atoms with Crippen LogP contribution in [-0.2, 0) is 20.8 Å². The molecule has 1 fully saturated rings. The van der Waals surface area contributed by atoms with Gasteiger partial charge in [0.25, 0.3) is 0 Å². The van der Waals surface area contributed by atoms with Crippen molar-refractivity contribution in [2.24, 2.45) is 5.92 Å². The third-order valence-electron chi connectivity index (χ3n) is 5.62. The highest BCUT2D eigenvalue weighted by molar-refractivity contribution is 6.39. The molecule has 0 atom stereocenters. The minimum atomic E-state index is -0.651. The minimum Gasteiger partial charge on any atom is -0.345 e. The summed E-state index contributed by atoms with van der Waals surface area (Å²) in [6, 6.07) is 5.64. The number of carbonyl (C=O) groups is 3. The van der Waals surface area contributed by atoms with Crippen molar-refractivity contribution in [3.05, 3.63) is 23.8 Å². The molecule has 1 heterocycles. The summed E-state index contributed by atoms with van der Waals surface area (Å²) in [6.45, 7) is 4.46. The van der Waals surface area contributed by atoms with E-state index in [1.165, 1.54) is 12.8 Å². The lowest BCUT2D eigenvalue weighted by atomic mass is 9.99. The van der Waals surface area contributed by atoms with E-state index in [2.05, 4.69) is 10.6 Å². The van der Waals surface area contributed by atoms with Crippen molar-refractivity contribution in [3.63, 3.8) is 0 Å². The molecular formula is C22H31N3O3. The van der Waals surface area contributed by atoms with Gasteiger partial charge < -0.3 is 15.5 Å². The zero-order valence-corrected chi connectivity index (χ0v) is 16.9. The standard InChI is InChI=1S/C22H31N3O3/c1-15(2)22(28)25-13-7-8-16-11-12-18(14-19(16)25)24-21(27)20(26)23-17-9-5-3-4-6-10-17/h11-12,14-15,17H,3-10,13H2,1-2H3,(H,23,26)(H,24,27). The minimum absolute atomic E-state index is 0.0792. The first-order valence-electron chi connectivity index (χ1n) is 10.5. The molecule has 0 spiro atoms. The summed E-state index contributed by atoms with van der Waals surface area (Å²) in [5.41, 5.74) is 2.48. The quantitative estimate of drug-likeness (QED) is 0.618. The van der Waals surface area contributed by atoms with Gasteiger partial charge in [0.2, 0.25) is 5.91 Å². The van der Waals surface area contributed by atoms with Gasteiger partial charge in [-0.15, -0.1) is 0 Å². The van der Waals surface area contributed by atoms with Gasteiger partial charge in [-0.05, 0) is 43.4 Å². The van der Waals surface area contributed by atoms with E-state index in [4.69, 9.17) is 0 Å². The van der Waals surface area contributed by atoms with Crippen LogP contribution in [0.25, 0.3) is 0 Å². The van der Waals surface area contributed by atoms with E-state index >= 15 is 0 Å². The van der Waals surface area contributed by atoms with Gasteiger partial charge in [0, 0.05) is 29.9 Å². The van der Waals surface area contributed by atoms with E-state index in [0.717, 1.165) is 49.8 Å². The van der Waals surface area contributed by atoms with Crippen molar-refractivity contribution in [2.75, 3.05) is 16.8 Å². The van der Waals surface area contributed by atoms with Gasteiger partial charge in [-0.3, -0.25) is 14.4 Å². The van der Waals surface area contributed by atoms with Crippen LogP contribution in [0.5, 0.6) is 0 Å². The highest BCUT2D eigenvalue weighted by Crippen LogP contribution is 2.31. The molecule has 6 nitrogen and oxygen atoms in total. The molecule has 0 bridgehead atoms. The number of nitrogens with one attached hydrogen (secondary N) is 2. The Morgan fingerprint density at radius 1 is 1.00 bits per heavy atom. The third-order valence-corrected chi connectivity index (χ3v) is 5.62. The lowest BCUT2D eigenvalue weighted by Gasteiger charge is -2.31. The van der Waals surface area contributed by atoms with E-state index in [9.17, 15) is 14.4 Å². The predicted molar refractivity (Wildman–Crippen MR) is 110 cm³/mol. The summed E-state index contributed by atoms with van der Waals surface area (Å²) >= 11 is 0. The number of hydrogen-bond acceptors (Lipinski definition) is 3. The first kappa shape index (κ1) is 20.4. The van der Waals surface area contributed by atoms with Crippen LogP contribution in [-0.4, -0.2) is 30.3 Å². The van der Waals surface area contributed by atoms with Gasteiger partial charge in [0.05, 0.1) is 0 Å².